The molecule has 186 valence electrons. The fourth-order valence-electron chi connectivity index (χ4n) is 5.30. The summed E-state index contributed by atoms with van der Waals surface area (Å²) in [6.45, 7) is 12.9. The predicted molar refractivity (Wildman–Crippen MR) is 154 cm³/mol. The first-order valence-corrected chi connectivity index (χ1v) is 14.4. The number of rotatable bonds is 10. The maximum Gasteiger partial charge on any atom is 0.0552 e. The van der Waals surface area contributed by atoms with Crippen LogP contribution in [-0.4, -0.2) is 6.54 Å². The van der Waals surface area contributed by atoms with Crippen molar-refractivity contribution in [2.45, 2.75) is 88.9 Å². The van der Waals surface area contributed by atoms with Gasteiger partial charge in [-0.25, -0.2) is 0 Å². The smallest absolute Gasteiger partial charge is 0.0552 e. The second-order valence-electron chi connectivity index (χ2n) is 11.7. The third-order valence-corrected chi connectivity index (χ3v) is 8.30. The lowest BCUT2D eigenvalue weighted by atomic mass is 9.76. The molecule has 0 fully saturated rings. The number of anilines is 2. The summed E-state index contributed by atoms with van der Waals surface area (Å²) >= 11 is 1.90. The maximum absolute atomic E-state index is 2.53. The Bertz CT molecular complexity index is 1030. The number of unbranched alkanes of at least 4 members (excludes halogenated alkanes) is 3. The van der Waals surface area contributed by atoms with Crippen LogP contribution in [-0.2, 0) is 6.42 Å². The van der Waals surface area contributed by atoms with E-state index in [1.54, 1.807) is 0 Å². The van der Waals surface area contributed by atoms with E-state index >= 15 is 0 Å². The van der Waals surface area contributed by atoms with Crippen molar-refractivity contribution in [1.29, 1.82) is 0 Å². The van der Waals surface area contributed by atoms with Gasteiger partial charge in [-0.15, -0.1) is 0 Å². The van der Waals surface area contributed by atoms with Crippen LogP contribution < -0.4 is 4.90 Å². The van der Waals surface area contributed by atoms with E-state index in [1.165, 1.54) is 70.8 Å². The quantitative estimate of drug-likeness (QED) is 0.263. The fraction of sp³-hybridized carbons (Fsp3) is 0.455. The maximum atomic E-state index is 2.53. The average Bonchev–Trinajstić information content (AvgIpc) is 2.84. The molecule has 0 aromatic heterocycles. The molecule has 0 saturated heterocycles. The minimum Gasteiger partial charge on any atom is -0.340 e. The number of hydrogen-bond donors (Lipinski definition) is 0. The van der Waals surface area contributed by atoms with Gasteiger partial charge in [0.25, 0.3) is 0 Å². The molecule has 1 nitrogen and oxygen atoms in total. The molecule has 1 heterocycles. The van der Waals surface area contributed by atoms with Crippen molar-refractivity contribution in [3.05, 3.63) is 83.9 Å². The van der Waals surface area contributed by atoms with E-state index in [0.29, 0.717) is 17.3 Å². The Balaban J connectivity index is 1.25. The fourth-order valence-corrected chi connectivity index (χ4v) is 6.40. The summed E-state index contributed by atoms with van der Waals surface area (Å²) in [5.41, 5.74) is 6.09. The topological polar surface area (TPSA) is 3.24 Å². The summed E-state index contributed by atoms with van der Waals surface area (Å²) in [5.74, 6) is 1.32. The van der Waals surface area contributed by atoms with Crippen molar-refractivity contribution >= 4 is 23.1 Å². The van der Waals surface area contributed by atoms with Gasteiger partial charge in [-0.05, 0) is 78.3 Å². The average molecular weight is 486 g/mol. The molecule has 3 aromatic carbocycles. The van der Waals surface area contributed by atoms with Crippen LogP contribution in [0, 0.1) is 11.3 Å². The number of benzene rings is 3. The molecule has 1 aliphatic heterocycles. The van der Waals surface area contributed by atoms with Gasteiger partial charge >= 0.3 is 0 Å². The first-order valence-electron chi connectivity index (χ1n) is 13.5. The van der Waals surface area contributed by atoms with Crippen LogP contribution >= 0.6 is 11.8 Å². The number of fused-ring (bicyclic) bond motifs is 2. The van der Waals surface area contributed by atoms with Crippen LogP contribution in [0.2, 0.25) is 0 Å². The zero-order valence-corrected chi connectivity index (χ0v) is 23.2. The van der Waals surface area contributed by atoms with Crippen LogP contribution in [0.15, 0.2) is 82.6 Å². The molecule has 0 saturated carbocycles. The third kappa shape index (κ3) is 6.94. The first kappa shape index (κ1) is 25.9. The first-order chi connectivity index (χ1) is 16.8. The predicted octanol–water partition coefficient (Wildman–Crippen LogP) is 10.3. The molecule has 0 radical (unpaired) electrons. The van der Waals surface area contributed by atoms with Gasteiger partial charge in [-0.1, -0.05) is 108 Å². The van der Waals surface area contributed by atoms with Gasteiger partial charge < -0.3 is 4.90 Å². The van der Waals surface area contributed by atoms with Crippen LogP contribution in [0.25, 0.3) is 0 Å². The lowest BCUT2D eigenvalue weighted by Crippen LogP contribution is -2.21. The van der Waals surface area contributed by atoms with Gasteiger partial charge in [0.1, 0.15) is 0 Å². The molecule has 0 aliphatic carbocycles. The van der Waals surface area contributed by atoms with Gasteiger partial charge in [-0.2, -0.15) is 0 Å². The zero-order chi connectivity index (χ0) is 24.8. The lowest BCUT2D eigenvalue weighted by Gasteiger charge is -2.32. The number of nitrogens with zero attached hydrogens (tertiary/aromatic N) is 1. The van der Waals surface area contributed by atoms with Crippen LogP contribution in [0.1, 0.15) is 83.8 Å². The Morgan fingerprint density at radius 3 is 1.86 bits per heavy atom. The van der Waals surface area contributed by atoms with Crippen LogP contribution in [0.5, 0.6) is 0 Å². The van der Waals surface area contributed by atoms with Crippen molar-refractivity contribution in [2.75, 3.05) is 11.4 Å². The van der Waals surface area contributed by atoms with Gasteiger partial charge in [0, 0.05) is 16.3 Å². The van der Waals surface area contributed by atoms with Gasteiger partial charge in [0.15, 0.2) is 0 Å². The molecule has 4 rings (SSSR count). The normalized spacial score (nSPS) is 14.1. The SMILES string of the molecule is CC(C)C(CC(C)(C)C)c1ccc(CCCCCCN2c3ccccc3Sc3ccccc32)cc1. The summed E-state index contributed by atoms with van der Waals surface area (Å²) < 4.78 is 0. The summed E-state index contributed by atoms with van der Waals surface area (Å²) in [4.78, 5) is 5.27. The van der Waals surface area contributed by atoms with Crippen molar-refractivity contribution in [2.24, 2.45) is 11.3 Å². The lowest BCUT2D eigenvalue weighted by molar-refractivity contribution is 0.301. The van der Waals surface area contributed by atoms with Crippen LogP contribution in [0.4, 0.5) is 11.4 Å². The molecule has 0 N–H and O–H groups in total. The number of aryl methyl sites for hydroxylation is 1. The molecule has 2 heteroatoms. The molecule has 1 atom stereocenters. The van der Waals surface area contributed by atoms with E-state index in [9.17, 15) is 0 Å². The minimum absolute atomic E-state index is 0.366. The van der Waals surface area contributed by atoms with E-state index < -0.39 is 0 Å². The summed E-state index contributed by atoms with van der Waals surface area (Å²) in [6, 6.07) is 27.2. The second-order valence-corrected chi connectivity index (χ2v) is 12.8. The molecular formula is C33H43NS. The number of hydrogen-bond acceptors (Lipinski definition) is 2. The van der Waals surface area contributed by atoms with Crippen molar-refractivity contribution in [1.82, 2.24) is 0 Å². The van der Waals surface area contributed by atoms with Crippen LogP contribution in [0.3, 0.4) is 0 Å². The zero-order valence-electron chi connectivity index (χ0n) is 22.4. The van der Waals surface area contributed by atoms with Gasteiger partial charge in [0.2, 0.25) is 0 Å². The summed E-state index contributed by atoms with van der Waals surface area (Å²) in [7, 11) is 0. The minimum atomic E-state index is 0.366. The Kier molecular flexibility index (Phi) is 8.65. The van der Waals surface area contributed by atoms with Crippen molar-refractivity contribution in [3.63, 3.8) is 0 Å². The highest BCUT2D eigenvalue weighted by Gasteiger charge is 2.23. The molecule has 3 aromatic rings. The summed E-state index contributed by atoms with van der Waals surface area (Å²) in [6.07, 6.45) is 7.53. The Morgan fingerprint density at radius 2 is 1.29 bits per heavy atom. The molecule has 35 heavy (non-hydrogen) atoms. The highest BCUT2D eigenvalue weighted by molar-refractivity contribution is 7.99. The largest absolute Gasteiger partial charge is 0.340 e. The third-order valence-electron chi connectivity index (χ3n) is 7.17. The van der Waals surface area contributed by atoms with Crippen molar-refractivity contribution < 1.29 is 0 Å². The summed E-state index contributed by atoms with van der Waals surface area (Å²) in [5, 5.41) is 0. The van der Waals surface area contributed by atoms with Gasteiger partial charge in [-0.3, -0.25) is 0 Å². The van der Waals surface area contributed by atoms with Crippen molar-refractivity contribution in [3.8, 4) is 0 Å². The highest BCUT2D eigenvalue weighted by Crippen LogP contribution is 2.47. The number of para-hydroxylation sites is 2. The van der Waals surface area contributed by atoms with E-state index in [-0.39, 0.29) is 0 Å². The van der Waals surface area contributed by atoms with E-state index in [4.69, 9.17) is 0 Å². The molecule has 1 unspecified atom stereocenters. The molecule has 0 bridgehead atoms. The standard InChI is InChI=1S/C33H43NS/c1-25(2)28(24-33(3,4)5)27-21-19-26(20-22-27)14-8-6-7-13-23-34-29-15-9-11-17-31(29)35-32-18-12-10-16-30(32)34/h9-12,15-22,25,28H,6-8,13-14,23-24H2,1-5H3. The Labute approximate surface area is 218 Å². The van der Waals surface area contributed by atoms with E-state index in [2.05, 4.69) is 112 Å². The molecular weight excluding hydrogens is 442 g/mol. The molecule has 0 spiro atoms. The monoisotopic (exact) mass is 485 g/mol. The Morgan fingerprint density at radius 1 is 0.714 bits per heavy atom. The van der Waals surface area contributed by atoms with E-state index in [0.717, 1.165) is 6.54 Å². The Hall–Kier alpha value is -2.19. The second kappa shape index (κ2) is 11.7. The van der Waals surface area contributed by atoms with Gasteiger partial charge in [0.05, 0.1) is 11.4 Å². The highest BCUT2D eigenvalue weighted by atomic mass is 32.2. The van der Waals surface area contributed by atoms with E-state index in [1.807, 2.05) is 11.8 Å². The molecule has 1 aliphatic rings. The molecule has 0 amide bonds.